The molecule has 4 nitrogen and oxygen atoms in total. The van der Waals surface area contributed by atoms with Gasteiger partial charge in [0, 0.05) is 18.1 Å². The van der Waals surface area contributed by atoms with Crippen LogP contribution in [0.1, 0.15) is 23.0 Å². The van der Waals surface area contributed by atoms with Crippen molar-refractivity contribution in [3.8, 4) is 0 Å². The van der Waals surface area contributed by atoms with Gasteiger partial charge in [0.2, 0.25) is 0 Å². The van der Waals surface area contributed by atoms with Gasteiger partial charge in [0.05, 0.1) is 27.9 Å². The molecule has 1 unspecified atom stereocenters. The van der Waals surface area contributed by atoms with Gasteiger partial charge >= 0.3 is 0 Å². The molecule has 0 fully saturated rings. The molecule has 2 aromatic heterocycles. The third-order valence-corrected chi connectivity index (χ3v) is 4.05. The van der Waals surface area contributed by atoms with E-state index in [1.807, 2.05) is 38.2 Å². The summed E-state index contributed by atoms with van der Waals surface area (Å²) in [6.45, 7) is 1.99. The number of aromatic nitrogens is 3. The van der Waals surface area contributed by atoms with Gasteiger partial charge in [-0.2, -0.15) is 5.10 Å². The van der Waals surface area contributed by atoms with E-state index in [1.165, 1.54) is 0 Å². The quantitative estimate of drug-likeness (QED) is 0.785. The fourth-order valence-electron chi connectivity index (χ4n) is 2.51. The van der Waals surface area contributed by atoms with Crippen LogP contribution in [0.4, 0.5) is 0 Å². The lowest BCUT2D eigenvalue weighted by Gasteiger charge is -2.16. The molecule has 0 radical (unpaired) electrons. The average Bonchev–Trinajstić information content (AvgIpc) is 2.76. The third kappa shape index (κ3) is 2.13. The number of aryl methyl sites for hydroxylation is 2. The lowest BCUT2D eigenvalue weighted by Crippen LogP contribution is -2.17. The minimum absolute atomic E-state index is 0.247. The summed E-state index contributed by atoms with van der Waals surface area (Å²) in [4.78, 5) is 4.56. The van der Waals surface area contributed by atoms with Crippen LogP contribution in [0.5, 0.6) is 0 Å². The summed E-state index contributed by atoms with van der Waals surface area (Å²) in [5.41, 5.74) is 10.4. The predicted molar refractivity (Wildman–Crippen MR) is 83.4 cm³/mol. The number of nitrogens with zero attached hydrogens (tertiary/aromatic N) is 3. The largest absolute Gasteiger partial charge is 0.319 e. The molecule has 1 aromatic carbocycles. The molecular weight excluding hydrogens is 316 g/mol. The molecule has 102 valence electrons. The molecule has 2 N–H and O–H groups in total. The number of benzene rings is 1. The highest BCUT2D eigenvalue weighted by Crippen LogP contribution is 2.30. The van der Waals surface area contributed by atoms with Gasteiger partial charge in [0.1, 0.15) is 0 Å². The van der Waals surface area contributed by atoms with Gasteiger partial charge in [0.25, 0.3) is 0 Å². The lowest BCUT2D eigenvalue weighted by atomic mass is 9.99. The van der Waals surface area contributed by atoms with Gasteiger partial charge in [-0.15, -0.1) is 0 Å². The number of halogens is 1. The van der Waals surface area contributed by atoms with Crippen LogP contribution in [-0.2, 0) is 7.05 Å². The second kappa shape index (κ2) is 5.00. The Morgan fingerprint density at radius 1 is 1.30 bits per heavy atom. The zero-order valence-corrected chi connectivity index (χ0v) is 12.9. The fraction of sp³-hybridized carbons (Fsp3) is 0.200. The summed E-state index contributed by atoms with van der Waals surface area (Å²) >= 11 is 3.52. The van der Waals surface area contributed by atoms with Gasteiger partial charge in [-0.3, -0.25) is 9.67 Å². The van der Waals surface area contributed by atoms with Crippen LogP contribution < -0.4 is 5.73 Å². The Bertz CT molecular complexity index is 759. The normalized spacial score (nSPS) is 12.8. The first-order valence-corrected chi connectivity index (χ1v) is 7.16. The van der Waals surface area contributed by atoms with Crippen molar-refractivity contribution >= 4 is 26.8 Å². The van der Waals surface area contributed by atoms with Crippen LogP contribution in [0.15, 0.2) is 41.0 Å². The zero-order valence-electron chi connectivity index (χ0n) is 11.3. The Morgan fingerprint density at radius 3 is 2.75 bits per heavy atom. The molecule has 0 amide bonds. The van der Waals surface area contributed by atoms with Gasteiger partial charge in [-0.1, -0.05) is 18.2 Å². The second-order valence-electron chi connectivity index (χ2n) is 4.85. The maximum Gasteiger partial charge on any atom is 0.0741 e. The molecule has 5 heteroatoms. The summed E-state index contributed by atoms with van der Waals surface area (Å²) in [6, 6.07) is 9.87. The van der Waals surface area contributed by atoms with E-state index in [0.29, 0.717) is 0 Å². The topological polar surface area (TPSA) is 56.7 Å². The molecule has 0 bridgehead atoms. The van der Waals surface area contributed by atoms with Gasteiger partial charge in [-0.25, -0.2) is 0 Å². The fourth-order valence-corrected chi connectivity index (χ4v) is 3.11. The first-order chi connectivity index (χ1) is 9.58. The summed E-state index contributed by atoms with van der Waals surface area (Å²) in [5.74, 6) is 0. The first-order valence-electron chi connectivity index (χ1n) is 6.37. The molecule has 0 spiro atoms. The van der Waals surface area contributed by atoms with Gasteiger partial charge < -0.3 is 5.73 Å². The lowest BCUT2D eigenvalue weighted by molar-refractivity contribution is 0.673. The number of para-hydroxylation sites is 1. The predicted octanol–water partition coefficient (Wildman–Crippen LogP) is 3.09. The standard InChI is InChI=1S/C15H15BrN4/c1-9-7-11(10-5-3-4-6-13(10)19-9)14(17)15-12(16)8-18-20(15)2/h3-8,14H,17H2,1-2H3. The van der Waals surface area contributed by atoms with E-state index in [2.05, 4.69) is 32.1 Å². The molecule has 0 saturated heterocycles. The summed E-state index contributed by atoms with van der Waals surface area (Å²) < 4.78 is 2.73. The molecule has 0 aliphatic heterocycles. The third-order valence-electron chi connectivity index (χ3n) is 3.44. The van der Waals surface area contributed by atoms with Crippen LogP contribution in [-0.4, -0.2) is 14.8 Å². The minimum atomic E-state index is -0.247. The van der Waals surface area contributed by atoms with Crippen molar-refractivity contribution in [3.63, 3.8) is 0 Å². The summed E-state index contributed by atoms with van der Waals surface area (Å²) in [7, 11) is 1.90. The van der Waals surface area contributed by atoms with Crippen molar-refractivity contribution in [2.75, 3.05) is 0 Å². The van der Waals surface area contributed by atoms with E-state index >= 15 is 0 Å². The number of pyridine rings is 1. The molecule has 20 heavy (non-hydrogen) atoms. The molecule has 3 aromatic rings. The van der Waals surface area contributed by atoms with Crippen molar-refractivity contribution in [3.05, 3.63) is 58.0 Å². The van der Waals surface area contributed by atoms with Crippen LogP contribution in [0.25, 0.3) is 10.9 Å². The molecule has 2 heterocycles. The molecule has 1 atom stereocenters. The number of rotatable bonds is 2. The van der Waals surface area contributed by atoms with Gasteiger partial charge in [0.15, 0.2) is 0 Å². The van der Waals surface area contributed by atoms with Crippen molar-refractivity contribution in [1.82, 2.24) is 14.8 Å². The second-order valence-corrected chi connectivity index (χ2v) is 5.70. The highest BCUT2D eigenvalue weighted by molar-refractivity contribution is 9.10. The molecule has 0 aliphatic rings. The van der Waals surface area contributed by atoms with Crippen LogP contribution in [0.3, 0.4) is 0 Å². The molecular formula is C15H15BrN4. The highest BCUT2D eigenvalue weighted by atomic mass is 79.9. The van der Waals surface area contributed by atoms with Crippen LogP contribution in [0.2, 0.25) is 0 Å². The Balaban J connectivity index is 2.24. The van der Waals surface area contributed by atoms with Crippen molar-refractivity contribution in [1.29, 1.82) is 0 Å². The summed E-state index contributed by atoms with van der Waals surface area (Å²) in [6.07, 6.45) is 1.77. The van der Waals surface area contributed by atoms with E-state index in [0.717, 1.165) is 32.3 Å². The Kier molecular flexibility index (Phi) is 3.31. The number of hydrogen-bond donors (Lipinski definition) is 1. The SMILES string of the molecule is Cc1cc(C(N)c2c(Br)cnn2C)c2ccccc2n1. The Morgan fingerprint density at radius 2 is 2.05 bits per heavy atom. The highest BCUT2D eigenvalue weighted by Gasteiger charge is 2.19. The monoisotopic (exact) mass is 330 g/mol. The number of fused-ring (bicyclic) bond motifs is 1. The molecule has 0 saturated carbocycles. The average molecular weight is 331 g/mol. The van der Waals surface area contributed by atoms with E-state index in [4.69, 9.17) is 5.73 Å². The zero-order chi connectivity index (χ0) is 14.3. The van der Waals surface area contributed by atoms with E-state index < -0.39 is 0 Å². The number of hydrogen-bond acceptors (Lipinski definition) is 3. The van der Waals surface area contributed by atoms with E-state index in [-0.39, 0.29) is 6.04 Å². The van der Waals surface area contributed by atoms with E-state index in [1.54, 1.807) is 10.9 Å². The Labute approximate surface area is 125 Å². The van der Waals surface area contributed by atoms with Crippen molar-refractivity contribution in [2.24, 2.45) is 12.8 Å². The van der Waals surface area contributed by atoms with Crippen LogP contribution in [0, 0.1) is 6.92 Å². The van der Waals surface area contributed by atoms with Crippen molar-refractivity contribution in [2.45, 2.75) is 13.0 Å². The Hall–Kier alpha value is -1.72. The maximum absolute atomic E-state index is 6.48. The first kappa shape index (κ1) is 13.3. The minimum Gasteiger partial charge on any atom is -0.319 e. The maximum atomic E-state index is 6.48. The van der Waals surface area contributed by atoms with Crippen molar-refractivity contribution < 1.29 is 0 Å². The van der Waals surface area contributed by atoms with E-state index in [9.17, 15) is 0 Å². The van der Waals surface area contributed by atoms with Gasteiger partial charge in [-0.05, 0) is 40.5 Å². The molecule has 3 rings (SSSR count). The van der Waals surface area contributed by atoms with Crippen LogP contribution >= 0.6 is 15.9 Å². The summed E-state index contributed by atoms with van der Waals surface area (Å²) in [5, 5.41) is 5.32. The molecule has 0 aliphatic carbocycles. The smallest absolute Gasteiger partial charge is 0.0741 e. The number of nitrogens with two attached hydrogens (primary N) is 1.